The molecule has 1 amide bonds. The van der Waals surface area contributed by atoms with E-state index in [2.05, 4.69) is 26.5 Å². The summed E-state index contributed by atoms with van der Waals surface area (Å²) in [6.45, 7) is -0.432. The van der Waals surface area contributed by atoms with Gasteiger partial charge in [0.15, 0.2) is 0 Å². The summed E-state index contributed by atoms with van der Waals surface area (Å²) in [5.41, 5.74) is 3.54. The van der Waals surface area contributed by atoms with Gasteiger partial charge < -0.3 is 4.74 Å². The van der Waals surface area contributed by atoms with Crippen molar-refractivity contribution in [3.8, 4) is 5.75 Å². The molecule has 1 saturated heterocycles. The van der Waals surface area contributed by atoms with E-state index in [-0.39, 0.29) is 11.0 Å². The Kier molecular flexibility index (Phi) is 7.91. The SMILES string of the molecule is O=C(CN(c1ccc(Br)cc1)S(=O)(=O)c1ccccc1)N/N=C\c1cccc(OC2CSC2)c1. The highest BCUT2D eigenvalue weighted by Crippen LogP contribution is 2.26. The maximum absolute atomic E-state index is 13.3. The number of amides is 1. The monoisotopic (exact) mass is 559 g/mol. The number of nitrogens with zero attached hydrogens (tertiary/aromatic N) is 2. The average Bonchev–Trinajstić information content (AvgIpc) is 2.81. The fourth-order valence-electron chi connectivity index (χ4n) is 3.13. The fraction of sp³-hybridized carbons (Fsp3) is 0.167. The standard InChI is InChI=1S/C24H22BrN3O4S2/c25-19-9-11-20(12-10-19)28(34(30,31)23-7-2-1-3-8-23)15-24(29)27-26-14-18-5-4-6-21(13-18)32-22-16-33-17-22/h1-14,22H,15-17H2,(H,27,29)/b26-14-. The number of nitrogens with one attached hydrogen (secondary N) is 1. The van der Waals surface area contributed by atoms with Gasteiger partial charge in [0.1, 0.15) is 18.4 Å². The van der Waals surface area contributed by atoms with Gasteiger partial charge in [-0.2, -0.15) is 16.9 Å². The van der Waals surface area contributed by atoms with Crippen molar-refractivity contribution in [2.24, 2.45) is 5.10 Å². The molecule has 3 aromatic carbocycles. The van der Waals surface area contributed by atoms with E-state index in [4.69, 9.17) is 4.74 Å². The lowest BCUT2D eigenvalue weighted by molar-refractivity contribution is -0.119. The Labute approximate surface area is 211 Å². The van der Waals surface area contributed by atoms with Crippen LogP contribution in [-0.2, 0) is 14.8 Å². The minimum absolute atomic E-state index is 0.0934. The lowest BCUT2D eigenvalue weighted by atomic mass is 10.2. The molecule has 3 aromatic rings. The summed E-state index contributed by atoms with van der Waals surface area (Å²) in [6.07, 6.45) is 1.73. The summed E-state index contributed by atoms with van der Waals surface area (Å²) in [5.74, 6) is 2.14. The highest BCUT2D eigenvalue weighted by Gasteiger charge is 2.27. The van der Waals surface area contributed by atoms with Crippen LogP contribution in [0, 0.1) is 0 Å². The molecule has 0 aromatic heterocycles. The van der Waals surface area contributed by atoms with E-state index in [9.17, 15) is 13.2 Å². The number of ether oxygens (including phenoxy) is 1. The Hall–Kier alpha value is -2.82. The third kappa shape index (κ3) is 6.19. The molecule has 0 aliphatic carbocycles. The summed E-state index contributed by atoms with van der Waals surface area (Å²) in [6, 6.07) is 22.1. The molecule has 1 aliphatic rings. The number of thioether (sulfide) groups is 1. The minimum Gasteiger partial charge on any atom is -0.489 e. The maximum Gasteiger partial charge on any atom is 0.264 e. The first-order valence-corrected chi connectivity index (χ1v) is 13.8. The summed E-state index contributed by atoms with van der Waals surface area (Å²) in [4.78, 5) is 12.7. The highest BCUT2D eigenvalue weighted by molar-refractivity contribution is 9.10. The molecule has 176 valence electrons. The second kappa shape index (κ2) is 11.1. The molecule has 0 radical (unpaired) electrons. The van der Waals surface area contributed by atoms with Crippen LogP contribution < -0.4 is 14.5 Å². The van der Waals surface area contributed by atoms with Crippen LogP contribution in [0.3, 0.4) is 0 Å². The normalized spacial score (nSPS) is 13.9. The Bertz CT molecular complexity index is 1260. The molecule has 0 bridgehead atoms. The number of carbonyl (C=O) groups excluding carboxylic acids is 1. The second-order valence-electron chi connectivity index (χ2n) is 7.44. The predicted octanol–water partition coefficient (Wildman–Crippen LogP) is 4.29. The summed E-state index contributed by atoms with van der Waals surface area (Å²) < 4.78 is 34.3. The zero-order valence-corrected chi connectivity index (χ0v) is 21.2. The molecule has 4 rings (SSSR count). The van der Waals surface area contributed by atoms with Crippen molar-refractivity contribution < 1.29 is 17.9 Å². The van der Waals surface area contributed by atoms with E-state index in [1.165, 1.54) is 18.3 Å². The molecule has 0 spiro atoms. The summed E-state index contributed by atoms with van der Waals surface area (Å²) in [7, 11) is -3.97. The van der Waals surface area contributed by atoms with Crippen molar-refractivity contribution >= 4 is 55.5 Å². The van der Waals surface area contributed by atoms with E-state index >= 15 is 0 Å². The van der Waals surface area contributed by atoms with Crippen LogP contribution in [0.4, 0.5) is 5.69 Å². The summed E-state index contributed by atoms with van der Waals surface area (Å²) >= 11 is 5.19. The molecule has 0 unspecified atom stereocenters. The van der Waals surface area contributed by atoms with Crippen LogP contribution in [0.1, 0.15) is 5.56 Å². The molecule has 34 heavy (non-hydrogen) atoms. The van der Waals surface area contributed by atoms with Gasteiger partial charge >= 0.3 is 0 Å². The minimum atomic E-state index is -3.97. The highest BCUT2D eigenvalue weighted by atomic mass is 79.9. The maximum atomic E-state index is 13.3. The second-order valence-corrected chi connectivity index (χ2v) is 11.3. The molecule has 1 heterocycles. The number of anilines is 1. The number of rotatable bonds is 9. The quantitative estimate of drug-likeness (QED) is 0.312. The zero-order valence-electron chi connectivity index (χ0n) is 18.0. The van der Waals surface area contributed by atoms with Crippen molar-refractivity contribution in [2.75, 3.05) is 22.4 Å². The van der Waals surface area contributed by atoms with Crippen molar-refractivity contribution in [1.82, 2.24) is 5.43 Å². The zero-order chi connectivity index (χ0) is 24.0. The first-order chi connectivity index (χ1) is 16.4. The lowest BCUT2D eigenvalue weighted by Gasteiger charge is -2.25. The van der Waals surface area contributed by atoms with Gasteiger partial charge in [0.25, 0.3) is 15.9 Å². The van der Waals surface area contributed by atoms with Gasteiger partial charge in [-0.25, -0.2) is 13.8 Å². The Morgan fingerprint density at radius 1 is 1.09 bits per heavy atom. The largest absolute Gasteiger partial charge is 0.489 e. The number of hydrazone groups is 1. The molecule has 7 nitrogen and oxygen atoms in total. The van der Waals surface area contributed by atoms with Crippen molar-refractivity contribution in [2.45, 2.75) is 11.0 Å². The van der Waals surface area contributed by atoms with Crippen LogP contribution in [0.15, 0.2) is 93.3 Å². The smallest absolute Gasteiger partial charge is 0.264 e. The van der Waals surface area contributed by atoms with E-state index in [1.807, 2.05) is 36.0 Å². The molecular weight excluding hydrogens is 538 g/mol. The number of halogens is 1. The fourth-order valence-corrected chi connectivity index (χ4v) is 5.40. The third-order valence-electron chi connectivity index (χ3n) is 4.90. The Morgan fingerprint density at radius 2 is 1.82 bits per heavy atom. The molecule has 10 heteroatoms. The number of sulfonamides is 1. The van der Waals surface area contributed by atoms with E-state index < -0.39 is 22.5 Å². The summed E-state index contributed by atoms with van der Waals surface area (Å²) in [5, 5.41) is 4.00. The predicted molar refractivity (Wildman–Crippen MR) is 139 cm³/mol. The molecule has 1 N–H and O–H groups in total. The number of hydrogen-bond donors (Lipinski definition) is 1. The molecule has 1 aliphatic heterocycles. The van der Waals surface area contributed by atoms with Crippen LogP contribution in [0.5, 0.6) is 5.75 Å². The number of benzene rings is 3. The van der Waals surface area contributed by atoms with Crippen LogP contribution >= 0.6 is 27.7 Å². The topological polar surface area (TPSA) is 88.1 Å². The van der Waals surface area contributed by atoms with Crippen LogP contribution in [-0.4, -0.2) is 44.7 Å². The van der Waals surface area contributed by atoms with Gasteiger partial charge in [-0.3, -0.25) is 9.10 Å². The van der Waals surface area contributed by atoms with Gasteiger partial charge in [-0.05, 0) is 54.1 Å². The van der Waals surface area contributed by atoms with Crippen molar-refractivity contribution in [3.63, 3.8) is 0 Å². The van der Waals surface area contributed by atoms with Gasteiger partial charge in [0.2, 0.25) is 0 Å². The van der Waals surface area contributed by atoms with Crippen molar-refractivity contribution in [1.29, 1.82) is 0 Å². The lowest BCUT2D eigenvalue weighted by Crippen LogP contribution is -2.39. The van der Waals surface area contributed by atoms with E-state index in [0.717, 1.165) is 31.6 Å². The molecule has 0 atom stereocenters. The first kappa shape index (κ1) is 24.3. The Balaban J connectivity index is 1.46. The van der Waals surface area contributed by atoms with Gasteiger partial charge in [-0.15, -0.1) is 0 Å². The molecule has 1 fully saturated rings. The van der Waals surface area contributed by atoms with Gasteiger partial charge in [0.05, 0.1) is 16.8 Å². The number of hydrogen-bond acceptors (Lipinski definition) is 6. The Morgan fingerprint density at radius 3 is 2.50 bits per heavy atom. The van der Waals surface area contributed by atoms with Crippen LogP contribution in [0.2, 0.25) is 0 Å². The third-order valence-corrected chi connectivity index (χ3v) is 8.44. The number of carbonyl (C=O) groups is 1. The van der Waals surface area contributed by atoms with E-state index in [0.29, 0.717) is 5.69 Å². The van der Waals surface area contributed by atoms with Gasteiger partial charge in [0, 0.05) is 16.0 Å². The van der Waals surface area contributed by atoms with E-state index in [1.54, 1.807) is 42.5 Å². The van der Waals surface area contributed by atoms with Crippen molar-refractivity contribution in [3.05, 3.63) is 88.9 Å². The van der Waals surface area contributed by atoms with Crippen LogP contribution in [0.25, 0.3) is 0 Å². The molecular formula is C24H22BrN3O4S2. The van der Waals surface area contributed by atoms with Gasteiger partial charge in [-0.1, -0.05) is 46.3 Å². The average molecular weight is 560 g/mol. The molecule has 0 saturated carbocycles. The first-order valence-electron chi connectivity index (χ1n) is 10.4.